The van der Waals surface area contributed by atoms with Crippen molar-refractivity contribution in [2.75, 3.05) is 0 Å². The lowest BCUT2D eigenvalue weighted by Crippen LogP contribution is -2.30. The molecule has 0 radical (unpaired) electrons. The fraction of sp³-hybridized carbons (Fsp3) is 0.0714. The third-order valence-electron chi connectivity index (χ3n) is 5.83. The van der Waals surface area contributed by atoms with Crippen molar-refractivity contribution in [3.05, 3.63) is 116 Å². The first kappa shape index (κ1) is 24.2. The Kier molecular flexibility index (Phi) is 6.89. The number of carbonyl (C=O) groups is 2. The van der Waals surface area contributed by atoms with Crippen molar-refractivity contribution < 1.29 is 18.7 Å². The molecule has 0 bridgehead atoms. The number of amides is 3. The van der Waals surface area contributed by atoms with Crippen molar-refractivity contribution in [3.63, 3.8) is 0 Å². The largest absolute Gasteiger partial charge is 0.487 e. The Bertz CT molecular complexity index is 1510. The highest BCUT2D eigenvalue weighted by Crippen LogP contribution is 2.36. The van der Waals surface area contributed by atoms with Gasteiger partial charge in [0, 0.05) is 5.56 Å². The van der Waals surface area contributed by atoms with Gasteiger partial charge in [0.1, 0.15) is 23.9 Å². The smallest absolute Gasteiger partial charge is 0.329 e. The van der Waals surface area contributed by atoms with Crippen molar-refractivity contribution in [3.8, 4) is 5.75 Å². The van der Waals surface area contributed by atoms with Crippen molar-refractivity contribution in [1.29, 1.82) is 0 Å². The quantitative estimate of drug-likeness (QED) is 0.186. The van der Waals surface area contributed by atoms with Gasteiger partial charge in [0.2, 0.25) is 0 Å². The third kappa shape index (κ3) is 4.92. The molecule has 3 amide bonds. The SMILES string of the molecule is O=C1N/C(=C/c2cc(Br)c(OCc3cccc4ccccc34)c(Br)c2)C(=O)N1Cc1ccccc1F. The second kappa shape index (κ2) is 10.2. The Morgan fingerprint density at radius 2 is 1.56 bits per heavy atom. The summed E-state index contributed by atoms with van der Waals surface area (Å²) < 4.78 is 21.5. The molecule has 1 aliphatic heterocycles. The number of imide groups is 1. The van der Waals surface area contributed by atoms with E-state index in [-0.39, 0.29) is 17.8 Å². The fourth-order valence-electron chi connectivity index (χ4n) is 4.05. The van der Waals surface area contributed by atoms with Gasteiger partial charge in [-0.05, 0) is 78.0 Å². The van der Waals surface area contributed by atoms with Gasteiger partial charge in [-0.3, -0.25) is 9.69 Å². The second-order valence-corrected chi connectivity index (χ2v) is 9.92. The molecule has 0 aromatic heterocycles. The molecule has 1 heterocycles. The van der Waals surface area contributed by atoms with E-state index in [4.69, 9.17) is 4.74 Å². The predicted molar refractivity (Wildman–Crippen MR) is 144 cm³/mol. The molecular weight excluding hydrogens is 591 g/mol. The topological polar surface area (TPSA) is 58.6 Å². The van der Waals surface area contributed by atoms with Crippen LogP contribution >= 0.6 is 31.9 Å². The van der Waals surface area contributed by atoms with Crippen molar-refractivity contribution in [2.24, 2.45) is 0 Å². The van der Waals surface area contributed by atoms with Gasteiger partial charge in [-0.25, -0.2) is 9.18 Å². The number of rotatable bonds is 6. The molecule has 180 valence electrons. The molecule has 8 heteroatoms. The highest BCUT2D eigenvalue weighted by Gasteiger charge is 2.34. The van der Waals surface area contributed by atoms with E-state index in [1.165, 1.54) is 6.07 Å². The Balaban J connectivity index is 1.34. The normalized spacial score (nSPS) is 14.5. The summed E-state index contributed by atoms with van der Waals surface area (Å²) in [6.45, 7) is 0.224. The van der Waals surface area contributed by atoms with E-state index in [1.807, 2.05) is 24.3 Å². The molecule has 5 rings (SSSR count). The summed E-state index contributed by atoms with van der Waals surface area (Å²) in [4.78, 5) is 26.2. The molecule has 1 N–H and O–H groups in total. The zero-order valence-electron chi connectivity index (χ0n) is 18.8. The first-order valence-corrected chi connectivity index (χ1v) is 12.7. The van der Waals surface area contributed by atoms with Crippen LogP contribution in [0.4, 0.5) is 9.18 Å². The Morgan fingerprint density at radius 1 is 0.889 bits per heavy atom. The van der Waals surface area contributed by atoms with E-state index in [9.17, 15) is 14.0 Å². The Hall–Kier alpha value is -3.49. The monoisotopic (exact) mass is 608 g/mol. The van der Waals surface area contributed by atoms with Crippen LogP contribution in [0, 0.1) is 5.82 Å². The van der Waals surface area contributed by atoms with Crippen LogP contribution in [0.1, 0.15) is 16.7 Å². The number of carbonyl (C=O) groups excluding carboxylic acids is 2. The van der Waals surface area contributed by atoms with Gasteiger partial charge >= 0.3 is 6.03 Å². The number of hydrogen-bond donors (Lipinski definition) is 1. The third-order valence-corrected chi connectivity index (χ3v) is 7.01. The van der Waals surface area contributed by atoms with Crippen LogP contribution in [0.2, 0.25) is 0 Å². The minimum absolute atomic E-state index is 0.111. The number of nitrogens with zero attached hydrogens (tertiary/aromatic N) is 1. The number of fused-ring (bicyclic) bond motifs is 1. The summed E-state index contributed by atoms with van der Waals surface area (Å²) in [5, 5.41) is 4.85. The van der Waals surface area contributed by atoms with Gasteiger partial charge in [0.15, 0.2) is 0 Å². The standard InChI is InChI=1S/C28H19Br2FN2O3/c29-22-12-17(14-25-27(34)33(28(35)32-25)15-19-7-2-4-11-24(19)31)13-23(30)26(22)36-16-20-9-5-8-18-6-1-3-10-21(18)20/h1-14H,15-16H2,(H,32,35)/b25-14+. The summed E-state index contributed by atoms with van der Waals surface area (Å²) >= 11 is 7.11. The Labute approximate surface area is 223 Å². The zero-order chi connectivity index (χ0) is 25.2. The molecule has 0 aliphatic carbocycles. The maximum Gasteiger partial charge on any atom is 0.329 e. The number of halogens is 3. The molecule has 36 heavy (non-hydrogen) atoms. The molecule has 0 atom stereocenters. The van der Waals surface area contributed by atoms with Gasteiger partial charge in [-0.15, -0.1) is 0 Å². The van der Waals surface area contributed by atoms with E-state index in [1.54, 1.807) is 36.4 Å². The van der Waals surface area contributed by atoms with Crippen LogP contribution in [0.5, 0.6) is 5.75 Å². The first-order valence-electron chi connectivity index (χ1n) is 11.1. The molecule has 0 unspecified atom stereocenters. The maximum absolute atomic E-state index is 14.0. The van der Waals surface area contributed by atoms with Crippen LogP contribution in [0.3, 0.4) is 0 Å². The average Bonchev–Trinajstić information content (AvgIpc) is 3.12. The molecule has 0 saturated carbocycles. The zero-order valence-corrected chi connectivity index (χ0v) is 22.0. The van der Waals surface area contributed by atoms with Crippen molar-refractivity contribution >= 4 is 60.6 Å². The number of ether oxygens (including phenoxy) is 1. The number of urea groups is 1. The molecule has 4 aromatic rings. The molecule has 5 nitrogen and oxygen atoms in total. The van der Waals surface area contributed by atoms with Gasteiger partial charge < -0.3 is 10.1 Å². The van der Waals surface area contributed by atoms with Gasteiger partial charge in [0.05, 0.1) is 15.5 Å². The van der Waals surface area contributed by atoms with E-state index >= 15 is 0 Å². The molecule has 1 aliphatic rings. The predicted octanol–water partition coefficient (Wildman–Crippen LogP) is 7.18. The van der Waals surface area contributed by atoms with E-state index in [0.717, 1.165) is 21.2 Å². The number of nitrogens with one attached hydrogen (secondary N) is 1. The summed E-state index contributed by atoms with van der Waals surface area (Å²) in [6, 6.07) is 23.3. The first-order chi connectivity index (χ1) is 17.4. The maximum atomic E-state index is 14.0. The van der Waals surface area contributed by atoms with Gasteiger partial charge in [-0.1, -0.05) is 60.7 Å². The van der Waals surface area contributed by atoms with E-state index < -0.39 is 17.8 Å². The lowest BCUT2D eigenvalue weighted by atomic mass is 10.1. The average molecular weight is 610 g/mol. The number of benzene rings is 4. The van der Waals surface area contributed by atoms with Crippen LogP contribution in [-0.2, 0) is 17.9 Å². The van der Waals surface area contributed by atoms with Crippen molar-refractivity contribution in [2.45, 2.75) is 13.2 Å². The summed E-state index contributed by atoms with van der Waals surface area (Å²) in [6.07, 6.45) is 1.57. The number of hydrogen-bond acceptors (Lipinski definition) is 3. The van der Waals surface area contributed by atoms with Crippen molar-refractivity contribution in [1.82, 2.24) is 10.2 Å². The van der Waals surface area contributed by atoms with Crippen LogP contribution in [0.15, 0.2) is 93.5 Å². The van der Waals surface area contributed by atoms with E-state index in [0.29, 0.717) is 26.9 Å². The molecule has 1 fully saturated rings. The minimum Gasteiger partial charge on any atom is -0.487 e. The second-order valence-electron chi connectivity index (χ2n) is 8.21. The molecule has 0 spiro atoms. The van der Waals surface area contributed by atoms with Crippen LogP contribution in [-0.4, -0.2) is 16.8 Å². The van der Waals surface area contributed by atoms with Gasteiger partial charge in [-0.2, -0.15) is 0 Å². The highest BCUT2D eigenvalue weighted by molar-refractivity contribution is 9.11. The lowest BCUT2D eigenvalue weighted by Gasteiger charge is -2.13. The molecule has 1 saturated heterocycles. The molecular formula is C28H19Br2FN2O3. The lowest BCUT2D eigenvalue weighted by molar-refractivity contribution is -0.123. The minimum atomic E-state index is -0.595. The van der Waals surface area contributed by atoms with Crippen LogP contribution in [0.25, 0.3) is 16.8 Å². The van der Waals surface area contributed by atoms with Crippen LogP contribution < -0.4 is 10.1 Å². The molecule has 4 aromatic carbocycles. The summed E-state index contributed by atoms with van der Waals surface area (Å²) in [5.41, 5.74) is 2.11. The summed E-state index contributed by atoms with van der Waals surface area (Å²) in [5.74, 6) is -0.373. The highest BCUT2D eigenvalue weighted by atomic mass is 79.9. The fourth-order valence-corrected chi connectivity index (χ4v) is 5.50. The van der Waals surface area contributed by atoms with Gasteiger partial charge in [0.25, 0.3) is 5.91 Å². The summed E-state index contributed by atoms with van der Waals surface area (Å²) in [7, 11) is 0. The van der Waals surface area contributed by atoms with E-state index in [2.05, 4.69) is 55.4 Å². The Morgan fingerprint density at radius 3 is 2.33 bits per heavy atom.